The number of nitrogens with one attached hydrogen (secondary N) is 2. The molecule has 2 rings (SSSR count). The van der Waals surface area contributed by atoms with E-state index in [1.807, 2.05) is 24.0 Å². The summed E-state index contributed by atoms with van der Waals surface area (Å²) in [6, 6.07) is 1.93. The fourth-order valence-electron chi connectivity index (χ4n) is 1.46. The maximum atomic E-state index is 4.32. The Labute approximate surface area is 100 Å². The van der Waals surface area contributed by atoms with E-state index in [1.165, 1.54) is 0 Å². The highest BCUT2D eigenvalue weighted by Crippen LogP contribution is 2.05. The predicted molar refractivity (Wildman–Crippen MR) is 66.9 cm³/mol. The van der Waals surface area contributed by atoms with Crippen LogP contribution in [0.2, 0.25) is 0 Å². The molecular formula is C11H16N6. The molecule has 0 fully saturated rings. The van der Waals surface area contributed by atoms with Crippen molar-refractivity contribution in [3.8, 4) is 0 Å². The van der Waals surface area contributed by atoms with Gasteiger partial charge >= 0.3 is 0 Å². The highest BCUT2D eigenvalue weighted by atomic mass is 15.3. The minimum Gasteiger partial charge on any atom is -0.372 e. The number of nitrogens with zero attached hydrogens (tertiary/aromatic N) is 4. The molecule has 6 nitrogen and oxygen atoms in total. The van der Waals surface area contributed by atoms with Crippen molar-refractivity contribution in [3.63, 3.8) is 0 Å². The van der Waals surface area contributed by atoms with Crippen molar-refractivity contribution in [2.45, 2.75) is 13.0 Å². The lowest BCUT2D eigenvalue weighted by molar-refractivity contribution is 0.591. The molecule has 2 heterocycles. The van der Waals surface area contributed by atoms with Crippen LogP contribution in [-0.4, -0.2) is 33.3 Å². The first-order valence-electron chi connectivity index (χ1n) is 5.59. The molecule has 0 saturated heterocycles. The molecule has 0 spiro atoms. The van der Waals surface area contributed by atoms with Crippen molar-refractivity contribution < 1.29 is 0 Å². The predicted octanol–water partition coefficient (Wildman–Crippen LogP) is 1.22. The number of rotatable bonds is 6. The van der Waals surface area contributed by atoms with Gasteiger partial charge in [-0.1, -0.05) is 0 Å². The summed E-state index contributed by atoms with van der Waals surface area (Å²) in [6.45, 7) is 1.75. The van der Waals surface area contributed by atoms with Crippen LogP contribution in [0.3, 0.4) is 0 Å². The zero-order valence-electron chi connectivity index (χ0n) is 9.80. The van der Waals surface area contributed by atoms with E-state index in [4.69, 9.17) is 0 Å². The minimum atomic E-state index is 0.766. The quantitative estimate of drug-likeness (QED) is 0.733. The van der Waals surface area contributed by atoms with Gasteiger partial charge in [0.2, 0.25) is 0 Å². The summed E-state index contributed by atoms with van der Waals surface area (Å²) in [7, 11) is 1.82. The lowest BCUT2D eigenvalue weighted by Crippen LogP contribution is -2.08. The van der Waals surface area contributed by atoms with E-state index >= 15 is 0 Å². The Morgan fingerprint density at radius 1 is 1.29 bits per heavy atom. The van der Waals surface area contributed by atoms with Crippen LogP contribution in [0.1, 0.15) is 6.42 Å². The van der Waals surface area contributed by atoms with Crippen LogP contribution in [0.5, 0.6) is 0 Å². The monoisotopic (exact) mass is 232 g/mol. The number of hydrogen-bond donors (Lipinski definition) is 2. The van der Waals surface area contributed by atoms with Gasteiger partial charge in [0, 0.05) is 32.5 Å². The topological polar surface area (TPSA) is 67.7 Å². The van der Waals surface area contributed by atoms with Gasteiger partial charge in [-0.15, -0.1) is 0 Å². The van der Waals surface area contributed by atoms with Gasteiger partial charge in [0.1, 0.15) is 11.6 Å². The molecule has 0 amide bonds. The van der Waals surface area contributed by atoms with Gasteiger partial charge in [0.05, 0.1) is 12.4 Å². The Morgan fingerprint density at radius 3 is 2.94 bits per heavy atom. The SMILES string of the molecule is CNc1cncc(NCCCn2cccn2)n1. The summed E-state index contributed by atoms with van der Waals surface area (Å²) in [5, 5.41) is 10.3. The standard InChI is InChI=1S/C11H16N6/c1-12-10-8-13-9-11(16-10)14-4-2-6-17-7-3-5-15-17/h3,5,7-9H,2,4,6H2,1H3,(H2,12,14,16). The largest absolute Gasteiger partial charge is 0.372 e. The van der Waals surface area contributed by atoms with Crippen molar-refractivity contribution in [3.05, 3.63) is 30.9 Å². The molecule has 0 aliphatic carbocycles. The van der Waals surface area contributed by atoms with Crippen LogP contribution in [0, 0.1) is 0 Å². The van der Waals surface area contributed by atoms with Crippen LogP contribution in [0.15, 0.2) is 30.9 Å². The molecule has 17 heavy (non-hydrogen) atoms. The van der Waals surface area contributed by atoms with E-state index in [9.17, 15) is 0 Å². The van der Waals surface area contributed by atoms with Crippen molar-refractivity contribution >= 4 is 11.6 Å². The second-order valence-corrected chi connectivity index (χ2v) is 3.59. The molecule has 2 aromatic rings. The van der Waals surface area contributed by atoms with E-state index in [0.29, 0.717) is 0 Å². The number of anilines is 2. The van der Waals surface area contributed by atoms with Gasteiger partial charge in [-0.3, -0.25) is 9.67 Å². The maximum absolute atomic E-state index is 4.32. The molecule has 0 aromatic carbocycles. The summed E-state index contributed by atoms with van der Waals surface area (Å²) in [5.41, 5.74) is 0. The Hall–Kier alpha value is -2.11. The molecule has 0 radical (unpaired) electrons. The molecule has 2 N–H and O–H groups in total. The van der Waals surface area contributed by atoms with E-state index in [-0.39, 0.29) is 0 Å². The van der Waals surface area contributed by atoms with E-state index in [2.05, 4.69) is 25.7 Å². The van der Waals surface area contributed by atoms with Gasteiger partial charge in [0.15, 0.2) is 0 Å². The summed E-state index contributed by atoms with van der Waals surface area (Å²) in [5.74, 6) is 1.55. The zero-order chi connectivity index (χ0) is 11.9. The maximum Gasteiger partial charge on any atom is 0.146 e. The molecule has 0 aliphatic rings. The Bertz CT molecular complexity index is 439. The average molecular weight is 232 g/mol. The molecule has 0 aliphatic heterocycles. The first kappa shape index (κ1) is 11.4. The van der Waals surface area contributed by atoms with Crippen molar-refractivity contribution in [2.75, 3.05) is 24.2 Å². The van der Waals surface area contributed by atoms with E-state index in [1.54, 1.807) is 18.6 Å². The third-order valence-corrected chi connectivity index (χ3v) is 2.32. The molecule has 2 aromatic heterocycles. The van der Waals surface area contributed by atoms with Crippen LogP contribution < -0.4 is 10.6 Å². The smallest absolute Gasteiger partial charge is 0.146 e. The minimum absolute atomic E-state index is 0.766. The second kappa shape index (κ2) is 5.83. The Balaban J connectivity index is 1.74. The normalized spacial score (nSPS) is 10.2. The average Bonchev–Trinajstić information content (AvgIpc) is 2.88. The van der Waals surface area contributed by atoms with Crippen LogP contribution >= 0.6 is 0 Å². The number of aromatic nitrogens is 4. The lowest BCUT2D eigenvalue weighted by atomic mass is 10.4. The number of aryl methyl sites for hydroxylation is 1. The highest BCUT2D eigenvalue weighted by molar-refractivity contribution is 5.40. The van der Waals surface area contributed by atoms with E-state index < -0.39 is 0 Å². The molecule has 6 heteroatoms. The van der Waals surface area contributed by atoms with Crippen molar-refractivity contribution in [1.82, 2.24) is 19.7 Å². The molecule has 0 unspecified atom stereocenters. The zero-order valence-corrected chi connectivity index (χ0v) is 9.80. The molecule has 0 saturated carbocycles. The van der Waals surface area contributed by atoms with Gasteiger partial charge in [-0.25, -0.2) is 4.98 Å². The second-order valence-electron chi connectivity index (χ2n) is 3.59. The summed E-state index contributed by atoms with van der Waals surface area (Å²) in [4.78, 5) is 8.40. The highest BCUT2D eigenvalue weighted by Gasteiger charge is 1.96. The summed E-state index contributed by atoms with van der Waals surface area (Å²) < 4.78 is 1.91. The van der Waals surface area contributed by atoms with E-state index in [0.717, 1.165) is 31.1 Å². The molecule has 0 atom stereocenters. The van der Waals surface area contributed by atoms with Gasteiger partial charge < -0.3 is 10.6 Å². The first-order chi connectivity index (χ1) is 8.38. The number of hydrogen-bond acceptors (Lipinski definition) is 5. The first-order valence-corrected chi connectivity index (χ1v) is 5.59. The molecule has 0 bridgehead atoms. The molecular weight excluding hydrogens is 216 g/mol. The fraction of sp³-hybridized carbons (Fsp3) is 0.364. The van der Waals surface area contributed by atoms with Crippen LogP contribution in [0.4, 0.5) is 11.6 Å². The fourth-order valence-corrected chi connectivity index (χ4v) is 1.46. The van der Waals surface area contributed by atoms with Crippen LogP contribution in [0.25, 0.3) is 0 Å². The van der Waals surface area contributed by atoms with Gasteiger partial charge in [-0.05, 0) is 12.5 Å². The van der Waals surface area contributed by atoms with Crippen molar-refractivity contribution in [2.24, 2.45) is 0 Å². The Kier molecular flexibility index (Phi) is 3.90. The summed E-state index contributed by atoms with van der Waals surface area (Å²) >= 11 is 0. The molecule has 90 valence electrons. The lowest BCUT2D eigenvalue weighted by Gasteiger charge is -2.06. The third-order valence-electron chi connectivity index (χ3n) is 2.32. The van der Waals surface area contributed by atoms with Crippen molar-refractivity contribution in [1.29, 1.82) is 0 Å². The Morgan fingerprint density at radius 2 is 2.18 bits per heavy atom. The summed E-state index contributed by atoms with van der Waals surface area (Å²) in [6.07, 6.45) is 8.15. The third kappa shape index (κ3) is 3.44. The van der Waals surface area contributed by atoms with Gasteiger partial charge in [0.25, 0.3) is 0 Å². The van der Waals surface area contributed by atoms with Gasteiger partial charge in [-0.2, -0.15) is 5.10 Å². The van der Waals surface area contributed by atoms with Crippen LogP contribution in [-0.2, 0) is 6.54 Å².